The Morgan fingerprint density at radius 2 is 1.89 bits per heavy atom. The smallest absolute Gasteiger partial charge is 0.418 e. The summed E-state index contributed by atoms with van der Waals surface area (Å²) in [5.74, 6) is -3.77. The molecule has 1 saturated carbocycles. The van der Waals surface area contributed by atoms with E-state index in [1.54, 1.807) is 20.8 Å². The number of hydrogen-bond donors (Lipinski definition) is 1. The Balaban J connectivity index is 2.13. The molecular weight excluding hydrogens is 525 g/mol. The summed E-state index contributed by atoms with van der Waals surface area (Å²) >= 11 is 0.785. The lowest BCUT2D eigenvalue weighted by Gasteiger charge is -2.42. The maximum absolute atomic E-state index is 15.1. The van der Waals surface area contributed by atoms with E-state index in [4.69, 9.17) is 9.47 Å². The van der Waals surface area contributed by atoms with Crippen LogP contribution in [0.3, 0.4) is 0 Å². The predicted molar refractivity (Wildman–Crippen MR) is 139 cm³/mol. The zero-order valence-electron chi connectivity index (χ0n) is 22.3. The maximum Gasteiger partial charge on any atom is 0.418 e. The summed E-state index contributed by atoms with van der Waals surface area (Å²) < 4.78 is 54.1. The fourth-order valence-electron chi connectivity index (χ4n) is 4.49. The van der Waals surface area contributed by atoms with E-state index in [1.165, 1.54) is 19.1 Å². The van der Waals surface area contributed by atoms with Crippen LogP contribution in [0.2, 0.25) is 25.7 Å². The first-order chi connectivity index (χ1) is 16.9. The van der Waals surface area contributed by atoms with Crippen LogP contribution in [0.15, 0.2) is 23.2 Å². The second kappa shape index (κ2) is 9.92. The number of carboxylic acids is 1. The summed E-state index contributed by atoms with van der Waals surface area (Å²) in [6.07, 6.45) is -0.935. The lowest BCUT2D eigenvalue weighted by molar-refractivity contribution is -0.138. The van der Waals surface area contributed by atoms with Crippen molar-refractivity contribution in [1.29, 1.82) is 0 Å². The average molecular weight is 561 g/mol. The monoisotopic (exact) mass is 560 g/mol. The number of carboxylic acid groups (broad SMARTS) is 1. The van der Waals surface area contributed by atoms with E-state index >= 15 is 8.78 Å². The van der Waals surface area contributed by atoms with Crippen molar-refractivity contribution >= 4 is 37.1 Å². The quantitative estimate of drug-likeness (QED) is 0.238. The molecule has 1 heterocycles. The largest absolute Gasteiger partial charge is 0.480 e. The molecule has 1 N–H and O–H groups in total. The molecule has 1 unspecified atom stereocenters. The van der Waals surface area contributed by atoms with Crippen molar-refractivity contribution in [1.82, 2.24) is 4.90 Å². The molecular formula is C25H35F3N2O5SSi. The summed E-state index contributed by atoms with van der Waals surface area (Å²) in [5.41, 5.74) is -4.78. The lowest BCUT2D eigenvalue weighted by Crippen LogP contribution is -2.51. The highest BCUT2D eigenvalue weighted by Gasteiger charge is 2.81. The van der Waals surface area contributed by atoms with Gasteiger partial charge in [-0.15, -0.1) is 0 Å². The number of alkyl halides is 1. The summed E-state index contributed by atoms with van der Waals surface area (Å²) in [7, 11) is -1.46. The van der Waals surface area contributed by atoms with Gasteiger partial charge >= 0.3 is 12.1 Å². The van der Waals surface area contributed by atoms with Crippen LogP contribution in [-0.4, -0.2) is 65.7 Å². The van der Waals surface area contributed by atoms with Gasteiger partial charge in [0.2, 0.25) is 0 Å². The highest BCUT2D eigenvalue weighted by molar-refractivity contribution is 8.16. The Morgan fingerprint density at radius 3 is 2.43 bits per heavy atom. The molecule has 1 fully saturated rings. The molecule has 0 saturated heterocycles. The second-order valence-corrected chi connectivity index (χ2v) is 18.9. The van der Waals surface area contributed by atoms with Crippen LogP contribution in [0.4, 0.5) is 18.0 Å². The number of carbonyl (C=O) groups is 2. The van der Waals surface area contributed by atoms with Crippen LogP contribution in [0, 0.1) is 17.0 Å². The summed E-state index contributed by atoms with van der Waals surface area (Å²) in [6.45, 7) is 11.7. The number of amidine groups is 1. The van der Waals surface area contributed by atoms with Gasteiger partial charge in [-0.25, -0.2) is 27.9 Å². The van der Waals surface area contributed by atoms with Gasteiger partial charge in [0.05, 0.1) is 0 Å². The molecule has 0 spiro atoms. The molecule has 0 bridgehead atoms. The first-order valence-electron chi connectivity index (χ1n) is 12.0. The van der Waals surface area contributed by atoms with Gasteiger partial charge in [-0.05, 0) is 39.3 Å². The maximum atomic E-state index is 15.1. The summed E-state index contributed by atoms with van der Waals surface area (Å²) in [6, 6.07) is 4.12. The van der Waals surface area contributed by atoms with E-state index in [0.29, 0.717) is 6.61 Å². The number of benzene rings is 1. The minimum Gasteiger partial charge on any atom is -0.480 e. The van der Waals surface area contributed by atoms with Crippen LogP contribution in [0.1, 0.15) is 39.7 Å². The zero-order chi connectivity index (χ0) is 28.0. The van der Waals surface area contributed by atoms with Gasteiger partial charge in [-0.1, -0.05) is 50.5 Å². The first-order valence-corrected chi connectivity index (χ1v) is 16.6. The third-order valence-electron chi connectivity index (χ3n) is 6.83. The molecule has 2 aliphatic rings. The molecule has 1 amide bonds. The van der Waals surface area contributed by atoms with Gasteiger partial charge in [0.15, 0.2) is 16.8 Å². The standard InChI is InChI=1S/C25H35F3N2O5SSi/c1-22(2,3)35-21(33)30(15-34-11-12-37(5,6)7)20-29-24(14-26,16-9-8-10-17(27)18(16)28)23(4)13-25(23,36-20)19(31)32/h8-10H,11-15H2,1-7H3,(H,31,32)/t23?,24-,25-/m1/s1. The Labute approximate surface area is 220 Å². The van der Waals surface area contributed by atoms with Crippen LogP contribution < -0.4 is 0 Å². The zero-order valence-corrected chi connectivity index (χ0v) is 24.1. The topological polar surface area (TPSA) is 88.4 Å². The highest BCUT2D eigenvalue weighted by atomic mass is 32.2. The van der Waals surface area contributed by atoms with Crippen molar-refractivity contribution in [3.8, 4) is 0 Å². The number of fused-ring (bicyclic) bond motifs is 1. The van der Waals surface area contributed by atoms with Gasteiger partial charge in [0, 0.05) is 25.7 Å². The number of halogens is 3. The van der Waals surface area contributed by atoms with Crippen LogP contribution in [0.25, 0.3) is 0 Å². The molecule has 206 valence electrons. The molecule has 3 atom stereocenters. The van der Waals surface area contributed by atoms with E-state index < -0.39 is 65.3 Å². The third kappa shape index (κ3) is 5.42. The van der Waals surface area contributed by atoms with Gasteiger partial charge in [-0.2, -0.15) is 0 Å². The number of aliphatic imine (C=N–C) groups is 1. The first kappa shape index (κ1) is 29.5. The van der Waals surface area contributed by atoms with Crippen molar-refractivity contribution in [3.05, 3.63) is 35.4 Å². The fraction of sp³-hybridized carbons (Fsp3) is 0.640. The van der Waals surface area contributed by atoms with Crippen LogP contribution >= 0.6 is 11.8 Å². The van der Waals surface area contributed by atoms with Gasteiger partial charge in [0.25, 0.3) is 0 Å². The molecule has 3 rings (SSSR count). The molecule has 7 nitrogen and oxygen atoms in total. The Morgan fingerprint density at radius 1 is 1.24 bits per heavy atom. The number of carbonyl (C=O) groups excluding carboxylic acids is 1. The van der Waals surface area contributed by atoms with E-state index in [2.05, 4.69) is 24.6 Å². The van der Waals surface area contributed by atoms with E-state index in [-0.39, 0.29) is 18.3 Å². The molecule has 0 aromatic heterocycles. The normalized spacial score (nSPS) is 27.2. The van der Waals surface area contributed by atoms with Crippen LogP contribution in [0.5, 0.6) is 0 Å². The van der Waals surface area contributed by atoms with E-state index in [0.717, 1.165) is 28.8 Å². The van der Waals surface area contributed by atoms with Crippen molar-refractivity contribution in [3.63, 3.8) is 0 Å². The van der Waals surface area contributed by atoms with Gasteiger partial charge in [-0.3, -0.25) is 4.79 Å². The highest BCUT2D eigenvalue weighted by Crippen LogP contribution is 2.75. The summed E-state index contributed by atoms with van der Waals surface area (Å²) in [5, 5.41) is 10.0. The molecule has 1 aliphatic carbocycles. The molecule has 0 radical (unpaired) electrons. The Hall–Kier alpha value is -2.05. The fourth-order valence-corrected chi connectivity index (χ4v) is 6.84. The van der Waals surface area contributed by atoms with Crippen LogP contribution in [-0.2, 0) is 19.8 Å². The van der Waals surface area contributed by atoms with E-state index in [9.17, 15) is 19.1 Å². The molecule has 37 heavy (non-hydrogen) atoms. The molecule has 12 heteroatoms. The summed E-state index contributed by atoms with van der Waals surface area (Å²) in [4.78, 5) is 31.3. The van der Waals surface area contributed by atoms with Crippen molar-refractivity contribution in [2.75, 3.05) is 20.0 Å². The molecule has 1 aliphatic heterocycles. The minimum absolute atomic E-state index is 0.0640. The number of amides is 1. The third-order valence-corrected chi connectivity index (χ3v) is 10.1. The predicted octanol–water partition coefficient (Wildman–Crippen LogP) is 6.02. The number of thioether (sulfide) groups is 1. The number of ether oxygens (including phenoxy) is 2. The average Bonchev–Trinajstić information content (AvgIpc) is 3.40. The Bertz CT molecular complexity index is 1110. The van der Waals surface area contributed by atoms with Gasteiger partial charge < -0.3 is 14.6 Å². The lowest BCUT2D eigenvalue weighted by atomic mass is 9.75. The number of nitrogens with zero attached hydrogens (tertiary/aromatic N) is 2. The minimum atomic E-state index is -2.09. The van der Waals surface area contributed by atoms with Crippen molar-refractivity contribution < 1.29 is 37.3 Å². The second-order valence-electron chi connectivity index (χ2n) is 12.0. The van der Waals surface area contributed by atoms with Gasteiger partial charge in [0.1, 0.15) is 29.3 Å². The van der Waals surface area contributed by atoms with E-state index in [1.807, 2.05) is 0 Å². The van der Waals surface area contributed by atoms with Crippen molar-refractivity contribution in [2.24, 2.45) is 10.4 Å². The number of hydrogen-bond acceptors (Lipinski definition) is 6. The van der Waals surface area contributed by atoms with Crippen molar-refractivity contribution in [2.45, 2.75) is 75.7 Å². The Kier molecular flexibility index (Phi) is 7.91. The molecule has 1 aromatic carbocycles. The molecule has 1 aromatic rings. The number of rotatable bonds is 8. The SMILES string of the molecule is CC(C)(C)OC(=O)N(COCC[Si](C)(C)C)C1=N[C@](CF)(c2cccc(F)c2F)C2(C)C[C@]2(C(=O)O)S1. The number of aliphatic carboxylic acids is 1.